The Hall–Kier alpha value is -0.660. The van der Waals surface area contributed by atoms with Gasteiger partial charge in [0.25, 0.3) is 0 Å². The Morgan fingerprint density at radius 2 is 2.18 bits per heavy atom. The van der Waals surface area contributed by atoms with E-state index in [9.17, 15) is 13.2 Å². The minimum Gasteiger partial charge on any atom is -0.338 e. The van der Waals surface area contributed by atoms with Crippen LogP contribution in [-0.2, 0) is 14.8 Å². The van der Waals surface area contributed by atoms with E-state index in [1.54, 1.807) is 0 Å². The zero-order chi connectivity index (χ0) is 12.5. The lowest BCUT2D eigenvalue weighted by Gasteiger charge is -2.32. The van der Waals surface area contributed by atoms with Gasteiger partial charge in [-0.15, -0.1) is 0 Å². The van der Waals surface area contributed by atoms with E-state index < -0.39 is 10.0 Å². The second-order valence-corrected chi connectivity index (χ2v) is 6.52. The van der Waals surface area contributed by atoms with Crippen molar-refractivity contribution in [1.82, 2.24) is 10.2 Å². The van der Waals surface area contributed by atoms with Crippen LogP contribution in [0, 0.1) is 0 Å². The Balaban J connectivity index is 1.87. The first-order chi connectivity index (χ1) is 7.97. The maximum Gasteiger partial charge on any atom is 0.224 e. The number of piperidine rings is 1. The van der Waals surface area contributed by atoms with Gasteiger partial charge in [0, 0.05) is 31.6 Å². The zero-order valence-electron chi connectivity index (χ0n) is 9.76. The van der Waals surface area contributed by atoms with Gasteiger partial charge in [0.2, 0.25) is 15.9 Å². The normalized spacial score (nSPS) is 29.5. The lowest BCUT2D eigenvalue weighted by atomic mass is 9.99. The van der Waals surface area contributed by atoms with Crippen LogP contribution in [0.3, 0.4) is 0 Å². The zero-order valence-corrected chi connectivity index (χ0v) is 10.6. The van der Waals surface area contributed by atoms with Crippen LogP contribution in [-0.4, -0.2) is 50.2 Å². The van der Waals surface area contributed by atoms with Gasteiger partial charge in [-0.1, -0.05) is 0 Å². The fraction of sp³-hybridized carbons (Fsp3) is 0.900. The van der Waals surface area contributed by atoms with Crippen molar-refractivity contribution in [2.45, 2.75) is 37.8 Å². The molecule has 2 unspecified atom stereocenters. The molecule has 2 aliphatic rings. The van der Waals surface area contributed by atoms with Crippen molar-refractivity contribution in [3.63, 3.8) is 0 Å². The summed E-state index contributed by atoms with van der Waals surface area (Å²) in [4.78, 5) is 13.7. The van der Waals surface area contributed by atoms with Crippen molar-refractivity contribution in [1.29, 1.82) is 0 Å². The van der Waals surface area contributed by atoms with E-state index in [4.69, 9.17) is 5.14 Å². The fourth-order valence-electron chi connectivity index (χ4n) is 2.72. The van der Waals surface area contributed by atoms with E-state index in [2.05, 4.69) is 5.32 Å². The summed E-state index contributed by atoms with van der Waals surface area (Å²) in [5, 5.41) is 8.08. The van der Waals surface area contributed by atoms with Crippen LogP contribution in [0.1, 0.15) is 25.7 Å². The highest BCUT2D eigenvalue weighted by molar-refractivity contribution is 7.89. The van der Waals surface area contributed by atoms with Gasteiger partial charge in [0.15, 0.2) is 0 Å². The molecule has 98 valence electrons. The molecule has 0 saturated carbocycles. The van der Waals surface area contributed by atoms with Gasteiger partial charge in [-0.05, 0) is 19.3 Å². The van der Waals surface area contributed by atoms with Crippen molar-refractivity contribution in [2.24, 2.45) is 5.14 Å². The molecule has 2 saturated heterocycles. The number of hydrogen-bond acceptors (Lipinski definition) is 4. The molecule has 0 spiro atoms. The number of hydrogen-bond donors (Lipinski definition) is 2. The Kier molecular flexibility index (Phi) is 3.70. The highest BCUT2D eigenvalue weighted by Crippen LogP contribution is 2.27. The van der Waals surface area contributed by atoms with Crippen LogP contribution in [0.2, 0.25) is 0 Å². The number of fused-ring (bicyclic) bond motifs is 1. The highest BCUT2D eigenvalue weighted by atomic mass is 32.2. The third-order valence-electron chi connectivity index (χ3n) is 3.52. The lowest BCUT2D eigenvalue weighted by molar-refractivity contribution is -0.129. The Bertz CT molecular complexity index is 396. The van der Waals surface area contributed by atoms with Crippen LogP contribution < -0.4 is 10.5 Å². The van der Waals surface area contributed by atoms with Crippen molar-refractivity contribution in [3.05, 3.63) is 0 Å². The summed E-state index contributed by atoms with van der Waals surface area (Å²) < 4.78 is 21.6. The molecule has 0 bridgehead atoms. The smallest absolute Gasteiger partial charge is 0.224 e. The number of carbonyl (C=O) groups excluding carboxylic acids is 1. The lowest BCUT2D eigenvalue weighted by Crippen LogP contribution is -2.46. The van der Waals surface area contributed by atoms with Gasteiger partial charge in [-0.2, -0.15) is 0 Å². The van der Waals surface area contributed by atoms with Gasteiger partial charge >= 0.3 is 0 Å². The highest BCUT2D eigenvalue weighted by Gasteiger charge is 2.40. The first-order valence-electron chi connectivity index (χ1n) is 6.01. The molecule has 0 radical (unpaired) electrons. The van der Waals surface area contributed by atoms with Crippen LogP contribution in [0.4, 0.5) is 0 Å². The van der Waals surface area contributed by atoms with Crippen LogP contribution in [0.5, 0.6) is 0 Å². The summed E-state index contributed by atoms with van der Waals surface area (Å²) in [6, 6.07) is 0.335. The number of primary sulfonamides is 1. The second kappa shape index (κ2) is 4.91. The molecule has 1 amide bonds. The third-order valence-corrected chi connectivity index (χ3v) is 4.29. The molecule has 17 heavy (non-hydrogen) atoms. The number of nitrogens with one attached hydrogen (secondary N) is 1. The largest absolute Gasteiger partial charge is 0.338 e. The molecule has 7 heteroatoms. The van der Waals surface area contributed by atoms with E-state index in [1.807, 2.05) is 4.90 Å². The van der Waals surface area contributed by atoms with Gasteiger partial charge < -0.3 is 10.2 Å². The maximum absolute atomic E-state index is 11.7. The summed E-state index contributed by atoms with van der Waals surface area (Å²) in [6.07, 6.45) is 3.71. The SMILES string of the molecule is NS(=O)(=O)CCNC1CC(=O)N2CCCCC12. The molecule has 0 aromatic rings. The molecule has 0 aliphatic carbocycles. The monoisotopic (exact) mass is 261 g/mol. The molecular formula is C10H19N3O3S. The van der Waals surface area contributed by atoms with Gasteiger partial charge in [0.05, 0.1) is 5.75 Å². The molecule has 2 aliphatic heterocycles. The van der Waals surface area contributed by atoms with E-state index >= 15 is 0 Å². The summed E-state index contributed by atoms with van der Waals surface area (Å²) in [5.74, 6) is 0.104. The average molecular weight is 261 g/mol. The molecular weight excluding hydrogens is 242 g/mol. The van der Waals surface area contributed by atoms with E-state index in [0.29, 0.717) is 13.0 Å². The number of nitrogens with zero attached hydrogens (tertiary/aromatic N) is 1. The van der Waals surface area contributed by atoms with Crippen LogP contribution in [0.15, 0.2) is 0 Å². The van der Waals surface area contributed by atoms with Crippen LogP contribution >= 0.6 is 0 Å². The molecule has 3 N–H and O–H groups in total. The summed E-state index contributed by atoms with van der Waals surface area (Å²) in [7, 11) is -3.42. The van der Waals surface area contributed by atoms with Gasteiger partial charge in [-0.3, -0.25) is 4.79 Å². The standard InChI is InChI=1S/C10H19N3O3S/c11-17(15,16)6-4-12-8-7-10(14)13-5-2-1-3-9(8)13/h8-9,12H,1-7H2,(H2,11,15,16). The number of sulfonamides is 1. The number of amides is 1. The molecule has 2 fully saturated rings. The third kappa shape index (κ3) is 3.17. The van der Waals surface area contributed by atoms with Gasteiger partial charge in [-0.25, -0.2) is 13.6 Å². The topological polar surface area (TPSA) is 92.5 Å². The van der Waals surface area contributed by atoms with Gasteiger partial charge in [0.1, 0.15) is 0 Å². The predicted octanol–water partition coefficient (Wildman–Crippen LogP) is -0.982. The fourth-order valence-corrected chi connectivity index (χ4v) is 3.12. The minimum atomic E-state index is -3.42. The molecule has 0 aromatic carbocycles. The minimum absolute atomic E-state index is 0.0790. The van der Waals surface area contributed by atoms with E-state index in [0.717, 1.165) is 25.8 Å². The maximum atomic E-state index is 11.7. The van der Waals surface area contributed by atoms with E-state index in [-0.39, 0.29) is 23.7 Å². The average Bonchev–Trinajstić information content (AvgIpc) is 2.55. The van der Waals surface area contributed by atoms with Crippen molar-refractivity contribution >= 4 is 15.9 Å². The van der Waals surface area contributed by atoms with Crippen LogP contribution in [0.25, 0.3) is 0 Å². The predicted molar refractivity (Wildman–Crippen MR) is 63.7 cm³/mol. The molecule has 2 rings (SSSR count). The second-order valence-electron chi connectivity index (χ2n) is 4.78. The number of nitrogens with two attached hydrogens (primary N) is 1. The first-order valence-corrected chi connectivity index (χ1v) is 7.72. The number of carbonyl (C=O) groups is 1. The Labute approximate surface area is 102 Å². The quantitative estimate of drug-likeness (QED) is 0.680. The number of rotatable bonds is 4. The Morgan fingerprint density at radius 3 is 2.88 bits per heavy atom. The molecule has 2 atom stereocenters. The molecule has 0 aromatic heterocycles. The molecule has 6 nitrogen and oxygen atoms in total. The Morgan fingerprint density at radius 1 is 1.41 bits per heavy atom. The van der Waals surface area contributed by atoms with Crippen molar-refractivity contribution in [3.8, 4) is 0 Å². The van der Waals surface area contributed by atoms with E-state index in [1.165, 1.54) is 0 Å². The van der Waals surface area contributed by atoms with Crippen molar-refractivity contribution < 1.29 is 13.2 Å². The summed E-state index contributed by atoms with van der Waals surface area (Å²) >= 11 is 0. The first kappa shape index (κ1) is 12.8. The summed E-state index contributed by atoms with van der Waals surface area (Å²) in [5.41, 5.74) is 0. The summed E-state index contributed by atoms with van der Waals surface area (Å²) in [6.45, 7) is 1.16. The molecule has 2 heterocycles. The van der Waals surface area contributed by atoms with Crippen molar-refractivity contribution in [2.75, 3.05) is 18.8 Å².